The number of nitrogens with zero attached hydrogens (tertiary/aromatic N) is 3. The van der Waals surface area contributed by atoms with Crippen molar-refractivity contribution in [3.8, 4) is 5.69 Å². The molecule has 9 nitrogen and oxygen atoms in total. The van der Waals surface area contributed by atoms with Crippen LogP contribution >= 0.6 is 0 Å². The fourth-order valence-electron chi connectivity index (χ4n) is 2.19. The van der Waals surface area contributed by atoms with Gasteiger partial charge in [-0.3, -0.25) is 14.4 Å². The van der Waals surface area contributed by atoms with Gasteiger partial charge in [-0.2, -0.15) is 9.90 Å². The highest BCUT2D eigenvalue weighted by atomic mass is 16.6. The Morgan fingerprint density at radius 2 is 1.65 bits per heavy atom. The van der Waals surface area contributed by atoms with Gasteiger partial charge in [0.05, 0.1) is 11.9 Å². The zero-order chi connectivity index (χ0) is 19.1. The molecule has 1 heterocycles. The summed E-state index contributed by atoms with van der Waals surface area (Å²) in [4.78, 5) is 35.4. The van der Waals surface area contributed by atoms with Gasteiger partial charge in [-0.25, -0.2) is 0 Å². The fraction of sp³-hybridized carbons (Fsp3) is 0.353. The first-order valence-electron chi connectivity index (χ1n) is 7.82. The Balaban J connectivity index is 2.32. The summed E-state index contributed by atoms with van der Waals surface area (Å²) in [7, 11) is 0. The predicted molar refractivity (Wildman–Crippen MR) is 88.1 cm³/mol. The monoisotopic (exact) mass is 361 g/mol. The van der Waals surface area contributed by atoms with E-state index < -0.39 is 30.1 Å². The van der Waals surface area contributed by atoms with E-state index in [1.807, 2.05) is 18.2 Å². The third-order valence-electron chi connectivity index (χ3n) is 3.19. The van der Waals surface area contributed by atoms with Crippen LogP contribution in [0.4, 0.5) is 0 Å². The number of carbonyl (C=O) groups is 3. The molecule has 1 aromatic carbocycles. The smallest absolute Gasteiger partial charge is 0.303 e. The molecule has 0 saturated carbocycles. The molecule has 2 rings (SSSR count). The first kappa shape index (κ1) is 19.1. The van der Waals surface area contributed by atoms with Crippen molar-refractivity contribution in [1.29, 1.82) is 0 Å². The Morgan fingerprint density at radius 1 is 1.00 bits per heavy atom. The van der Waals surface area contributed by atoms with E-state index in [9.17, 15) is 14.4 Å². The van der Waals surface area contributed by atoms with Gasteiger partial charge in [-0.05, 0) is 12.1 Å². The van der Waals surface area contributed by atoms with Crippen LogP contribution in [-0.4, -0.2) is 45.6 Å². The van der Waals surface area contributed by atoms with Gasteiger partial charge in [0.1, 0.15) is 12.3 Å². The van der Waals surface area contributed by atoms with Crippen molar-refractivity contribution in [3.63, 3.8) is 0 Å². The molecular formula is C17H19N3O6. The van der Waals surface area contributed by atoms with Gasteiger partial charge in [-0.1, -0.05) is 18.2 Å². The summed E-state index contributed by atoms with van der Waals surface area (Å²) >= 11 is 0. The lowest BCUT2D eigenvalue weighted by Crippen LogP contribution is -2.33. The Hall–Kier alpha value is -3.23. The van der Waals surface area contributed by atoms with Crippen LogP contribution in [0, 0.1) is 0 Å². The highest BCUT2D eigenvalue weighted by Gasteiger charge is 2.32. The number of carbonyl (C=O) groups excluding carboxylic acids is 3. The lowest BCUT2D eigenvalue weighted by atomic mass is 10.1. The maximum absolute atomic E-state index is 11.5. The van der Waals surface area contributed by atoms with Crippen LogP contribution in [0.5, 0.6) is 0 Å². The van der Waals surface area contributed by atoms with Crippen LogP contribution in [0.15, 0.2) is 36.5 Å². The highest BCUT2D eigenvalue weighted by molar-refractivity contribution is 5.68. The Bertz CT molecular complexity index is 774. The molecule has 0 fully saturated rings. The molecule has 0 bridgehead atoms. The Morgan fingerprint density at radius 3 is 2.23 bits per heavy atom. The van der Waals surface area contributed by atoms with Crippen LogP contribution in [-0.2, 0) is 28.6 Å². The lowest BCUT2D eigenvalue weighted by Gasteiger charge is -2.24. The SMILES string of the molecule is CC(=O)OC[C@H](OC(C)=O)[C@H](OC(C)=O)c1cnn(-c2ccccc2)n1. The molecule has 2 aromatic rings. The number of hydrogen-bond donors (Lipinski definition) is 0. The second-order valence-corrected chi connectivity index (χ2v) is 5.37. The average molecular weight is 361 g/mol. The van der Waals surface area contributed by atoms with Crippen LogP contribution in [0.2, 0.25) is 0 Å². The van der Waals surface area contributed by atoms with Crippen molar-refractivity contribution in [3.05, 3.63) is 42.2 Å². The summed E-state index contributed by atoms with van der Waals surface area (Å²) in [6.07, 6.45) is -0.736. The van der Waals surface area contributed by atoms with Gasteiger partial charge in [0.2, 0.25) is 0 Å². The van der Waals surface area contributed by atoms with Gasteiger partial charge in [-0.15, -0.1) is 5.10 Å². The summed E-state index contributed by atoms with van der Waals surface area (Å²) in [5.41, 5.74) is 0.951. The third-order valence-corrected chi connectivity index (χ3v) is 3.19. The summed E-state index contributed by atoms with van der Waals surface area (Å²) in [5.74, 6) is -1.78. The van der Waals surface area contributed by atoms with Crippen LogP contribution in [0.25, 0.3) is 5.69 Å². The van der Waals surface area contributed by atoms with E-state index in [2.05, 4.69) is 10.2 Å². The van der Waals surface area contributed by atoms with E-state index in [0.717, 1.165) is 0 Å². The number of rotatable bonds is 7. The van der Waals surface area contributed by atoms with E-state index in [0.29, 0.717) is 5.69 Å². The largest absolute Gasteiger partial charge is 0.462 e. The molecule has 0 aliphatic carbocycles. The second-order valence-electron chi connectivity index (χ2n) is 5.37. The highest BCUT2D eigenvalue weighted by Crippen LogP contribution is 2.23. The van der Waals surface area contributed by atoms with E-state index in [1.165, 1.54) is 31.8 Å². The zero-order valence-electron chi connectivity index (χ0n) is 14.6. The van der Waals surface area contributed by atoms with Crippen molar-refractivity contribution >= 4 is 17.9 Å². The molecule has 0 radical (unpaired) electrons. The molecule has 0 unspecified atom stereocenters. The fourth-order valence-corrected chi connectivity index (χ4v) is 2.19. The van der Waals surface area contributed by atoms with Gasteiger partial charge < -0.3 is 14.2 Å². The Kier molecular flexibility index (Phi) is 6.42. The maximum atomic E-state index is 11.5. The number of aromatic nitrogens is 3. The number of para-hydroxylation sites is 1. The molecule has 1 aromatic heterocycles. The number of benzene rings is 1. The van der Waals surface area contributed by atoms with E-state index >= 15 is 0 Å². The molecule has 0 aliphatic rings. The van der Waals surface area contributed by atoms with Crippen molar-refractivity contribution in [2.45, 2.75) is 33.0 Å². The maximum Gasteiger partial charge on any atom is 0.303 e. The molecular weight excluding hydrogens is 342 g/mol. The minimum absolute atomic E-state index is 0.252. The van der Waals surface area contributed by atoms with Crippen LogP contribution in [0.3, 0.4) is 0 Å². The van der Waals surface area contributed by atoms with Crippen molar-refractivity contribution < 1.29 is 28.6 Å². The summed E-state index contributed by atoms with van der Waals surface area (Å²) in [5, 5.41) is 8.42. The first-order chi connectivity index (χ1) is 12.4. The molecule has 0 N–H and O–H groups in total. The van der Waals surface area contributed by atoms with Gasteiger partial charge in [0, 0.05) is 20.8 Å². The zero-order valence-corrected chi connectivity index (χ0v) is 14.6. The van der Waals surface area contributed by atoms with Crippen molar-refractivity contribution in [1.82, 2.24) is 15.0 Å². The molecule has 9 heteroatoms. The van der Waals surface area contributed by atoms with Crippen molar-refractivity contribution in [2.24, 2.45) is 0 Å². The quantitative estimate of drug-likeness (QED) is 0.537. The first-order valence-corrected chi connectivity index (χ1v) is 7.82. The normalized spacial score (nSPS) is 12.7. The van der Waals surface area contributed by atoms with E-state index in [-0.39, 0.29) is 12.3 Å². The topological polar surface area (TPSA) is 110 Å². The number of ether oxygens (including phenoxy) is 3. The molecule has 0 spiro atoms. The van der Waals surface area contributed by atoms with E-state index in [1.54, 1.807) is 12.1 Å². The number of hydrogen-bond acceptors (Lipinski definition) is 8. The van der Waals surface area contributed by atoms with Crippen LogP contribution < -0.4 is 0 Å². The van der Waals surface area contributed by atoms with Gasteiger partial charge >= 0.3 is 17.9 Å². The second kappa shape index (κ2) is 8.75. The molecule has 0 saturated heterocycles. The molecule has 0 aliphatic heterocycles. The molecule has 138 valence electrons. The third kappa shape index (κ3) is 5.40. The number of esters is 3. The van der Waals surface area contributed by atoms with Gasteiger partial charge in [0.15, 0.2) is 12.2 Å². The predicted octanol–water partition coefficient (Wildman–Crippen LogP) is 1.37. The molecule has 2 atom stereocenters. The minimum atomic E-state index is -1.08. The summed E-state index contributed by atoms with van der Waals surface area (Å²) < 4.78 is 15.3. The lowest BCUT2D eigenvalue weighted by molar-refractivity contribution is -0.174. The summed E-state index contributed by atoms with van der Waals surface area (Å²) in [6, 6.07) is 9.10. The van der Waals surface area contributed by atoms with Crippen LogP contribution in [0.1, 0.15) is 32.6 Å². The summed E-state index contributed by atoms with van der Waals surface area (Å²) in [6.45, 7) is 3.35. The molecule has 26 heavy (non-hydrogen) atoms. The van der Waals surface area contributed by atoms with Crippen molar-refractivity contribution in [2.75, 3.05) is 6.61 Å². The Labute approximate surface area is 149 Å². The average Bonchev–Trinajstić information content (AvgIpc) is 3.06. The van der Waals surface area contributed by atoms with E-state index in [4.69, 9.17) is 14.2 Å². The standard InChI is InChI=1S/C17H19N3O6/c1-11(21)24-10-16(25-12(2)22)17(26-13(3)23)15-9-18-20(19-15)14-7-5-4-6-8-14/h4-9,16-17H,10H2,1-3H3/t16-,17+/m0/s1. The minimum Gasteiger partial charge on any atom is -0.462 e. The molecule has 0 amide bonds. The van der Waals surface area contributed by atoms with Gasteiger partial charge in [0.25, 0.3) is 0 Å².